The van der Waals surface area contributed by atoms with E-state index in [1.165, 1.54) is 12.1 Å². The second kappa shape index (κ2) is 5.92. The minimum absolute atomic E-state index is 0.0615. The minimum atomic E-state index is -3.28. The Hall–Kier alpha value is -2.41. The van der Waals surface area contributed by atoms with Gasteiger partial charge < -0.3 is 0 Å². The number of sulfonamides is 1. The SMILES string of the molecule is CS(=O)(=O)Nc1ccc(Cc2ccc([N+](=O)[O-])cc2)cc1. The fourth-order valence-electron chi connectivity index (χ4n) is 1.88. The Labute approximate surface area is 122 Å². The number of rotatable bonds is 5. The maximum absolute atomic E-state index is 11.1. The molecule has 2 aromatic rings. The molecule has 0 fully saturated rings. The topological polar surface area (TPSA) is 89.3 Å². The number of hydrogen-bond donors (Lipinski definition) is 1. The van der Waals surface area contributed by atoms with Crippen molar-refractivity contribution < 1.29 is 13.3 Å². The summed E-state index contributed by atoms with van der Waals surface area (Å²) in [4.78, 5) is 10.1. The van der Waals surface area contributed by atoms with E-state index in [-0.39, 0.29) is 5.69 Å². The second-order valence-corrected chi connectivity index (χ2v) is 6.42. The molecule has 0 unspecified atom stereocenters. The van der Waals surface area contributed by atoms with Crippen LogP contribution in [0.1, 0.15) is 11.1 Å². The molecule has 0 aromatic heterocycles. The Balaban J connectivity index is 2.08. The van der Waals surface area contributed by atoms with Gasteiger partial charge >= 0.3 is 0 Å². The number of non-ortho nitro benzene ring substituents is 1. The number of anilines is 1. The maximum atomic E-state index is 11.1. The van der Waals surface area contributed by atoms with Gasteiger partial charge in [0.2, 0.25) is 10.0 Å². The van der Waals surface area contributed by atoms with Crippen molar-refractivity contribution in [3.63, 3.8) is 0 Å². The van der Waals surface area contributed by atoms with Crippen molar-refractivity contribution in [1.29, 1.82) is 0 Å². The van der Waals surface area contributed by atoms with Crippen molar-refractivity contribution in [3.8, 4) is 0 Å². The highest BCUT2D eigenvalue weighted by Gasteiger charge is 2.05. The summed E-state index contributed by atoms with van der Waals surface area (Å²) in [6.45, 7) is 0. The lowest BCUT2D eigenvalue weighted by atomic mass is 10.0. The van der Waals surface area contributed by atoms with Gasteiger partial charge in [-0.3, -0.25) is 14.8 Å². The van der Waals surface area contributed by atoms with Crippen molar-refractivity contribution in [2.45, 2.75) is 6.42 Å². The molecule has 0 aliphatic rings. The summed E-state index contributed by atoms with van der Waals surface area (Å²) in [6.07, 6.45) is 1.72. The molecule has 0 atom stereocenters. The number of hydrogen-bond acceptors (Lipinski definition) is 4. The number of nitrogens with zero attached hydrogens (tertiary/aromatic N) is 1. The smallest absolute Gasteiger partial charge is 0.269 e. The monoisotopic (exact) mass is 306 g/mol. The molecule has 7 heteroatoms. The van der Waals surface area contributed by atoms with Gasteiger partial charge in [-0.2, -0.15) is 0 Å². The quantitative estimate of drug-likeness (QED) is 0.679. The Morgan fingerprint density at radius 1 is 1.00 bits per heavy atom. The van der Waals surface area contributed by atoms with Crippen molar-refractivity contribution in [3.05, 3.63) is 69.8 Å². The molecule has 0 heterocycles. The molecule has 0 spiro atoms. The lowest BCUT2D eigenvalue weighted by molar-refractivity contribution is -0.384. The number of nitro benzene ring substituents is 1. The van der Waals surface area contributed by atoms with E-state index in [4.69, 9.17) is 0 Å². The van der Waals surface area contributed by atoms with Crippen LogP contribution in [0.25, 0.3) is 0 Å². The molecule has 0 amide bonds. The molecule has 0 radical (unpaired) electrons. The number of nitro groups is 1. The van der Waals surface area contributed by atoms with Crippen LogP contribution in [0.15, 0.2) is 48.5 Å². The fourth-order valence-corrected chi connectivity index (χ4v) is 2.44. The second-order valence-electron chi connectivity index (χ2n) is 4.67. The molecule has 6 nitrogen and oxygen atoms in total. The molecular weight excluding hydrogens is 292 g/mol. The van der Waals surface area contributed by atoms with Crippen LogP contribution < -0.4 is 4.72 Å². The molecule has 2 rings (SSSR count). The van der Waals surface area contributed by atoms with Crippen LogP contribution >= 0.6 is 0 Å². The van der Waals surface area contributed by atoms with Gasteiger partial charge in [-0.1, -0.05) is 24.3 Å². The third kappa shape index (κ3) is 4.57. The third-order valence-corrected chi connectivity index (χ3v) is 3.42. The Kier molecular flexibility index (Phi) is 4.23. The van der Waals surface area contributed by atoms with Crippen molar-refractivity contribution in [1.82, 2.24) is 0 Å². The van der Waals surface area contributed by atoms with Crippen molar-refractivity contribution in [2.75, 3.05) is 11.0 Å². The van der Waals surface area contributed by atoms with Crippen LogP contribution in [-0.4, -0.2) is 19.6 Å². The first kappa shape index (κ1) is 15.0. The van der Waals surface area contributed by atoms with Crippen LogP contribution in [-0.2, 0) is 16.4 Å². The standard InChI is InChI=1S/C14H14N2O4S/c1-21(19,20)15-13-6-2-11(3-7-13)10-12-4-8-14(9-5-12)16(17)18/h2-9,15H,10H2,1H3. The average molecular weight is 306 g/mol. The van der Waals surface area contributed by atoms with Crippen LogP contribution in [0.5, 0.6) is 0 Å². The van der Waals surface area contributed by atoms with E-state index >= 15 is 0 Å². The van der Waals surface area contributed by atoms with Gasteiger partial charge in [0.1, 0.15) is 0 Å². The first-order valence-electron chi connectivity index (χ1n) is 6.13. The first-order chi connectivity index (χ1) is 9.83. The first-order valence-corrected chi connectivity index (χ1v) is 8.03. The van der Waals surface area contributed by atoms with Gasteiger partial charge in [-0.15, -0.1) is 0 Å². The number of benzene rings is 2. The zero-order valence-electron chi connectivity index (χ0n) is 11.3. The molecule has 0 aliphatic carbocycles. The molecule has 21 heavy (non-hydrogen) atoms. The van der Waals surface area contributed by atoms with Gasteiger partial charge in [0.05, 0.1) is 11.2 Å². The van der Waals surface area contributed by atoms with Crippen LogP contribution in [0.4, 0.5) is 11.4 Å². The van der Waals surface area contributed by atoms with E-state index in [9.17, 15) is 18.5 Å². The van der Waals surface area contributed by atoms with E-state index in [0.29, 0.717) is 12.1 Å². The summed E-state index contributed by atoms with van der Waals surface area (Å²) in [6, 6.07) is 13.3. The fraction of sp³-hybridized carbons (Fsp3) is 0.143. The third-order valence-electron chi connectivity index (χ3n) is 2.81. The normalized spacial score (nSPS) is 11.1. The Morgan fingerprint density at radius 2 is 1.48 bits per heavy atom. The summed E-state index contributed by atoms with van der Waals surface area (Å²) < 4.78 is 24.6. The summed E-state index contributed by atoms with van der Waals surface area (Å²) >= 11 is 0. The predicted molar refractivity (Wildman–Crippen MR) is 80.8 cm³/mol. The van der Waals surface area contributed by atoms with E-state index < -0.39 is 14.9 Å². The Bertz CT molecular complexity index is 738. The van der Waals surface area contributed by atoms with Gasteiger partial charge in [-0.25, -0.2) is 8.42 Å². The highest BCUT2D eigenvalue weighted by Crippen LogP contribution is 2.17. The maximum Gasteiger partial charge on any atom is 0.269 e. The van der Waals surface area contributed by atoms with E-state index in [0.717, 1.165) is 17.4 Å². The number of nitrogens with one attached hydrogen (secondary N) is 1. The summed E-state index contributed by atoms with van der Waals surface area (Å²) in [5.41, 5.74) is 2.50. The summed E-state index contributed by atoms with van der Waals surface area (Å²) in [5.74, 6) is 0. The molecule has 110 valence electrons. The molecule has 0 saturated heterocycles. The minimum Gasteiger partial charge on any atom is -0.284 e. The van der Waals surface area contributed by atoms with Crippen LogP contribution in [0, 0.1) is 10.1 Å². The predicted octanol–water partition coefficient (Wildman–Crippen LogP) is 2.56. The Morgan fingerprint density at radius 3 is 1.90 bits per heavy atom. The molecule has 2 aromatic carbocycles. The van der Waals surface area contributed by atoms with E-state index in [1.54, 1.807) is 24.3 Å². The van der Waals surface area contributed by atoms with Crippen molar-refractivity contribution >= 4 is 21.4 Å². The molecule has 0 bridgehead atoms. The lowest BCUT2D eigenvalue weighted by Gasteiger charge is -2.06. The highest BCUT2D eigenvalue weighted by atomic mass is 32.2. The molecule has 0 aliphatic heterocycles. The summed E-state index contributed by atoms with van der Waals surface area (Å²) in [7, 11) is -3.28. The van der Waals surface area contributed by atoms with Crippen LogP contribution in [0.2, 0.25) is 0 Å². The van der Waals surface area contributed by atoms with E-state index in [2.05, 4.69) is 4.72 Å². The van der Waals surface area contributed by atoms with Crippen molar-refractivity contribution in [2.24, 2.45) is 0 Å². The molecule has 0 saturated carbocycles. The average Bonchev–Trinajstić information content (AvgIpc) is 2.40. The van der Waals surface area contributed by atoms with Gasteiger partial charge in [0, 0.05) is 17.8 Å². The zero-order valence-corrected chi connectivity index (χ0v) is 12.1. The molecular formula is C14H14N2O4S. The molecule has 1 N–H and O–H groups in total. The zero-order chi connectivity index (χ0) is 15.5. The van der Waals surface area contributed by atoms with E-state index in [1.807, 2.05) is 12.1 Å². The van der Waals surface area contributed by atoms with Gasteiger partial charge in [0.15, 0.2) is 0 Å². The largest absolute Gasteiger partial charge is 0.284 e. The van der Waals surface area contributed by atoms with Gasteiger partial charge in [0.25, 0.3) is 5.69 Å². The lowest BCUT2D eigenvalue weighted by Crippen LogP contribution is -2.09. The summed E-state index contributed by atoms with van der Waals surface area (Å²) in [5, 5.41) is 10.6. The van der Waals surface area contributed by atoms with Crippen LogP contribution in [0.3, 0.4) is 0 Å². The van der Waals surface area contributed by atoms with Gasteiger partial charge in [-0.05, 0) is 29.7 Å². The highest BCUT2D eigenvalue weighted by molar-refractivity contribution is 7.92.